The summed E-state index contributed by atoms with van der Waals surface area (Å²) in [5.41, 5.74) is 0. The SMILES string of the molecule is O=C([O-])[C@H]1C[C@@H](O)CN1S(=O)(=O)c1cccs1. The van der Waals surface area contributed by atoms with E-state index in [1.807, 2.05) is 0 Å². The van der Waals surface area contributed by atoms with Gasteiger partial charge in [0.25, 0.3) is 10.0 Å². The molecule has 1 aliphatic heterocycles. The molecule has 0 amide bonds. The molecule has 0 spiro atoms. The minimum atomic E-state index is -3.85. The van der Waals surface area contributed by atoms with E-state index < -0.39 is 28.1 Å². The fraction of sp³-hybridized carbons (Fsp3) is 0.444. The molecule has 2 heterocycles. The molecular weight excluding hydrogens is 266 g/mol. The van der Waals surface area contributed by atoms with Gasteiger partial charge < -0.3 is 15.0 Å². The van der Waals surface area contributed by atoms with Crippen molar-refractivity contribution in [1.82, 2.24) is 4.31 Å². The number of aliphatic carboxylic acids is 1. The fourth-order valence-corrected chi connectivity index (χ4v) is 4.54. The highest BCUT2D eigenvalue weighted by molar-refractivity contribution is 7.91. The van der Waals surface area contributed by atoms with Gasteiger partial charge in [0, 0.05) is 6.54 Å². The van der Waals surface area contributed by atoms with Crippen LogP contribution in [-0.4, -0.2) is 42.5 Å². The first-order valence-electron chi connectivity index (χ1n) is 4.87. The average molecular weight is 276 g/mol. The van der Waals surface area contributed by atoms with E-state index >= 15 is 0 Å². The molecule has 2 atom stereocenters. The number of aliphatic hydroxyl groups excluding tert-OH is 1. The Kier molecular flexibility index (Phi) is 3.21. The molecule has 17 heavy (non-hydrogen) atoms. The summed E-state index contributed by atoms with van der Waals surface area (Å²) in [6.07, 6.45) is -1.10. The number of carbonyl (C=O) groups is 1. The third-order valence-electron chi connectivity index (χ3n) is 2.56. The van der Waals surface area contributed by atoms with Crippen LogP contribution in [0, 0.1) is 0 Å². The Bertz CT molecular complexity index is 509. The van der Waals surface area contributed by atoms with Gasteiger partial charge in [-0.25, -0.2) is 8.42 Å². The van der Waals surface area contributed by atoms with E-state index in [0.717, 1.165) is 15.6 Å². The lowest BCUT2D eigenvalue weighted by atomic mass is 10.2. The third-order valence-corrected chi connectivity index (χ3v) is 5.81. The van der Waals surface area contributed by atoms with Crippen molar-refractivity contribution in [2.24, 2.45) is 0 Å². The number of carboxylic acid groups (broad SMARTS) is 1. The highest BCUT2D eigenvalue weighted by Gasteiger charge is 2.40. The summed E-state index contributed by atoms with van der Waals surface area (Å²) in [6.45, 7) is -0.209. The monoisotopic (exact) mass is 276 g/mol. The number of nitrogens with zero attached hydrogens (tertiary/aromatic N) is 1. The first-order chi connectivity index (χ1) is 7.93. The number of rotatable bonds is 3. The van der Waals surface area contributed by atoms with Crippen LogP contribution in [-0.2, 0) is 14.8 Å². The van der Waals surface area contributed by atoms with Crippen LogP contribution in [0.1, 0.15) is 6.42 Å². The number of carboxylic acids is 1. The Morgan fingerprint density at radius 3 is 2.82 bits per heavy atom. The molecule has 6 nitrogen and oxygen atoms in total. The van der Waals surface area contributed by atoms with E-state index in [9.17, 15) is 23.4 Å². The third kappa shape index (κ3) is 2.21. The van der Waals surface area contributed by atoms with Crippen LogP contribution < -0.4 is 5.11 Å². The van der Waals surface area contributed by atoms with Gasteiger partial charge in [-0.2, -0.15) is 4.31 Å². The molecule has 2 rings (SSSR count). The van der Waals surface area contributed by atoms with E-state index in [0.29, 0.717) is 0 Å². The van der Waals surface area contributed by atoms with Gasteiger partial charge in [0.2, 0.25) is 0 Å². The zero-order valence-corrected chi connectivity index (χ0v) is 10.3. The smallest absolute Gasteiger partial charge is 0.253 e. The predicted octanol–water partition coefficient (Wildman–Crippen LogP) is -1.38. The second kappa shape index (κ2) is 4.37. The highest BCUT2D eigenvalue weighted by atomic mass is 32.2. The predicted molar refractivity (Wildman–Crippen MR) is 57.6 cm³/mol. The minimum absolute atomic E-state index is 0.0675. The van der Waals surface area contributed by atoms with Gasteiger partial charge in [-0.1, -0.05) is 6.07 Å². The molecule has 1 fully saturated rings. The van der Waals surface area contributed by atoms with Crippen LogP contribution >= 0.6 is 11.3 Å². The Hall–Kier alpha value is -0.960. The van der Waals surface area contributed by atoms with Crippen molar-refractivity contribution < 1.29 is 23.4 Å². The van der Waals surface area contributed by atoms with Gasteiger partial charge in [0.1, 0.15) is 4.21 Å². The van der Waals surface area contributed by atoms with Gasteiger partial charge in [-0.3, -0.25) is 0 Å². The number of sulfonamides is 1. The molecule has 0 saturated carbocycles. The number of β-amino-alcohol motifs (C(OH)–C–C–N with tert-alkyl or cyclic N) is 1. The summed E-state index contributed by atoms with van der Waals surface area (Å²) < 4.78 is 25.0. The first kappa shape index (κ1) is 12.5. The number of carbonyl (C=O) groups excluding carboxylic acids is 1. The fourth-order valence-electron chi connectivity index (χ4n) is 1.79. The number of aliphatic hydroxyl groups is 1. The van der Waals surface area contributed by atoms with Crippen molar-refractivity contribution in [3.8, 4) is 0 Å². The summed E-state index contributed by atoms with van der Waals surface area (Å²) >= 11 is 1.01. The van der Waals surface area contributed by atoms with E-state index in [-0.39, 0.29) is 17.2 Å². The number of hydrogen-bond donors (Lipinski definition) is 1. The summed E-state index contributed by atoms with van der Waals surface area (Å²) in [4.78, 5) is 10.8. The molecule has 0 bridgehead atoms. The molecule has 1 N–H and O–H groups in total. The second-order valence-electron chi connectivity index (χ2n) is 3.73. The quantitative estimate of drug-likeness (QED) is 0.734. The van der Waals surface area contributed by atoms with Crippen molar-refractivity contribution >= 4 is 27.3 Å². The normalized spacial score (nSPS) is 26.2. The van der Waals surface area contributed by atoms with E-state index in [4.69, 9.17) is 0 Å². The van der Waals surface area contributed by atoms with Gasteiger partial charge in [0.05, 0.1) is 18.1 Å². The van der Waals surface area contributed by atoms with Crippen LogP contribution in [0.5, 0.6) is 0 Å². The molecule has 1 aromatic heterocycles. The average Bonchev–Trinajstić information content (AvgIpc) is 2.84. The topological polar surface area (TPSA) is 97.7 Å². The Morgan fingerprint density at radius 2 is 2.29 bits per heavy atom. The maximum Gasteiger partial charge on any atom is 0.253 e. The van der Waals surface area contributed by atoms with Crippen LogP contribution in [0.25, 0.3) is 0 Å². The van der Waals surface area contributed by atoms with Crippen molar-refractivity contribution in [1.29, 1.82) is 0 Å². The van der Waals surface area contributed by atoms with Crippen LogP contribution in [0.15, 0.2) is 21.7 Å². The van der Waals surface area contributed by atoms with Gasteiger partial charge in [0.15, 0.2) is 0 Å². The standard InChI is InChI=1S/C9H11NO5S2/c11-6-4-7(9(12)13)10(5-6)17(14,15)8-2-1-3-16-8/h1-3,6-7,11H,4-5H2,(H,12,13)/p-1/t6-,7-/m1/s1. The Balaban J connectivity index is 2.36. The molecule has 1 saturated heterocycles. The van der Waals surface area contributed by atoms with Gasteiger partial charge in [-0.05, 0) is 17.9 Å². The molecular formula is C9H10NO5S2-. The lowest BCUT2D eigenvalue weighted by Gasteiger charge is -2.23. The molecule has 0 aliphatic carbocycles. The molecule has 8 heteroatoms. The summed E-state index contributed by atoms with van der Waals surface area (Å²) in [6, 6.07) is 1.67. The number of thiophene rings is 1. The maximum atomic E-state index is 12.1. The zero-order valence-electron chi connectivity index (χ0n) is 8.64. The molecule has 0 aromatic carbocycles. The lowest BCUT2D eigenvalue weighted by Crippen LogP contribution is -2.46. The van der Waals surface area contributed by atoms with Crippen LogP contribution in [0.2, 0.25) is 0 Å². The van der Waals surface area contributed by atoms with Gasteiger partial charge in [-0.15, -0.1) is 11.3 Å². The molecule has 0 radical (unpaired) electrons. The van der Waals surface area contributed by atoms with E-state index in [1.165, 1.54) is 6.07 Å². The van der Waals surface area contributed by atoms with Crippen molar-refractivity contribution in [3.05, 3.63) is 17.5 Å². The van der Waals surface area contributed by atoms with Crippen molar-refractivity contribution in [3.63, 3.8) is 0 Å². The summed E-state index contributed by atoms with van der Waals surface area (Å²) in [5, 5.41) is 21.8. The minimum Gasteiger partial charge on any atom is -0.548 e. The lowest BCUT2D eigenvalue weighted by molar-refractivity contribution is -0.309. The Labute approximate surface area is 102 Å². The molecule has 1 aliphatic rings. The van der Waals surface area contributed by atoms with E-state index in [1.54, 1.807) is 11.4 Å². The van der Waals surface area contributed by atoms with Crippen molar-refractivity contribution in [2.75, 3.05) is 6.54 Å². The summed E-state index contributed by atoms with van der Waals surface area (Å²) in [7, 11) is -3.85. The van der Waals surface area contributed by atoms with Crippen LogP contribution in [0.3, 0.4) is 0 Å². The molecule has 0 unspecified atom stereocenters. The molecule has 1 aromatic rings. The van der Waals surface area contributed by atoms with Crippen LogP contribution in [0.4, 0.5) is 0 Å². The largest absolute Gasteiger partial charge is 0.548 e. The zero-order chi connectivity index (χ0) is 12.6. The molecule has 94 valence electrons. The first-order valence-corrected chi connectivity index (χ1v) is 7.19. The maximum absolute atomic E-state index is 12.1. The second-order valence-corrected chi connectivity index (χ2v) is 6.80. The van der Waals surface area contributed by atoms with Crippen molar-refractivity contribution in [2.45, 2.75) is 22.8 Å². The number of hydrogen-bond acceptors (Lipinski definition) is 6. The highest BCUT2D eigenvalue weighted by Crippen LogP contribution is 2.28. The van der Waals surface area contributed by atoms with Gasteiger partial charge >= 0.3 is 0 Å². The Morgan fingerprint density at radius 1 is 1.59 bits per heavy atom. The summed E-state index contributed by atoms with van der Waals surface area (Å²) in [5.74, 6) is -1.48. The van der Waals surface area contributed by atoms with E-state index in [2.05, 4.69) is 0 Å².